The normalized spacial score (nSPS) is 10.8. The molecule has 1 N–H and O–H groups in total. The number of hydrogen-bond donors (Lipinski definition) is 1. The standard InChI is InChI=1S/C24H16ClIN2O4/c1-31-21-13-15(11-17(14-27)23(29)28-19-9-7-18(25)8-10-19)12-20(26)22(21)32-24(30)16-5-3-2-4-6-16/h2-13H,1H3,(H,28,29)/b17-11+. The Balaban J connectivity index is 1.85. The molecule has 0 spiro atoms. The minimum Gasteiger partial charge on any atom is -0.493 e. The molecule has 0 fully saturated rings. The van der Waals surface area contributed by atoms with E-state index in [4.69, 9.17) is 21.1 Å². The first-order valence-electron chi connectivity index (χ1n) is 9.24. The van der Waals surface area contributed by atoms with Crippen LogP contribution in [0.4, 0.5) is 5.69 Å². The Morgan fingerprint density at radius 1 is 1.09 bits per heavy atom. The topological polar surface area (TPSA) is 88.4 Å². The van der Waals surface area contributed by atoms with Gasteiger partial charge in [-0.05, 0) is 82.8 Å². The number of carbonyl (C=O) groups excluding carboxylic acids is 2. The van der Waals surface area contributed by atoms with Crippen molar-refractivity contribution >= 4 is 57.8 Å². The Bertz CT molecular complexity index is 1220. The van der Waals surface area contributed by atoms with Crippen LogP contribution >= 0.6 is 34.2 Å². The second-order valence-corrected chi connectivity index (χ2v) is 8.02. The van der Waals surface area contributed by atoms with Crippen LogP contribution in [0.25, 0.3) is 6.08 Å². The van der Waals surface area contributed by atoms with E-state index in [1.165, 1.54) is 13.2 Å². The van der Waals surface area contributed by atoms with Crippen LogP contribution in [0.5, 0.6) is 11.5 Å². The van der Waals surface area contributed by atoms with Gasteiger partial charge < -0.3 is 14.8 Å². The molecule has 0 aliphatic heterocycles. The molecule has 3 aromatic rings. The monoisotopic (exact) mass is 558 g/mol. The van der Waals surface area contributed by atoms with Crippen molar-refractivity contribution in [2.45, 2.75) is 0 Å². The van der Waals surface area contributed by atoms with Crippen molar-refractivity contribution in [2.75, 3.05) is 12.4 Å². The van der Waals surface area contributed by atoms with Crippen LogP contribution in [0.1, 0.15) is 15.9 Å². The molecule has 0 radical (unpaired) electrons. The molecule has 0 aliphatic rings. The summed E-state index contributed by atoms with van der Waals surface area (Å²) in [6.07, 6.45) is 1.43. The van der Waals surface area contributed by atoms with Crippen LogP contribution in [-0.2, 0) is 4.79 Å². The van der Waals surface area contributed by atoms with E-state index < -0.39 is 11.9 Å². The zero-order chi connectivity index (χ0) is 23.1. The molecule has 1 amide bonds. The second-order valence-electron chi connectivity index (χ2n) is 6.42. The summed E-state index contributed by atoms with van der Waals surface area (Å²) in [6, 6.07) is 20.3. The predicted molar refractivity (Wildman–Crippen MR) is 131 cm³/mol. The highest BCUT2D eigenvalue weighted by Crippen LogP contribution is 2.35. The number of carbonyl (C=O) groups is 2. The van der Waals surface area contributed by atoms with Gasteiger partial charge in [-0.15, -0.1) is 0 Å². The highest BCUT2D eigenvalue weighted by atomic mass is 127. The molecule has 0 bridgehead atoms. The zero-order valence-electron chi connectivity index (χ0n) is 16.8. The predicted octanol–water partition coefficient (Wildman–Crippen LogP) is 5.72. The molecule has 0 aromatic heterocycles. The summed E-state index contributed by atoms with van der Waals surface area (Å²) < 4.78 is 11.5. The van der Waals surface area contributed by atoms with Crippen LogP contribution in [0, 0.1) is 14.9 Å². The Hall–Kier alpha value is -3.35. The number of methoxy groups -OCH3 is 1. The molecular weight excluding hydrogens is 543 g/mol. The van der Waals surface area contributed by atoms with Crippen LogP contribution in [-0.4, -0.2) is 19.0 Å². The smallest absolute Gasteiger partial charge is 0.343 e. The Morgan fingerprint density at radius 3 is 2.41 bits per heavy atom. The SMILES string of the molecule is COc1cc(/C=C(\C#N)C(=O)Nc2ccc(Cl)cc2)cc(I)c1OC(=O)c1ccccc1. The average molecular weight is 559 g/mol. The zero-order valence-corrected chi connectivity index (χ0v) is 19.7. The lowest BCUT2D eigenvalue weighted by Gasteiger charge is -2.12. The molecule has 0 unspecified atom stereocenters. The molecule has 160 valence electrons. The van der Waals surface area contributed by atoms with E-state index in [1.807, 2.05) is 28.7 Å². The third-order valence-electron chi connectivity index (χ3n) is 4.23. The fraction of sp³-hybridized carbons (Fsp3) is 0.0417. The summed E-state index contributed by atoms with van der Waals surface area (Å²) >= 11 is 7.85. The molecule has 6 nitrogen and oxygen atoms in total. The Morgan fingerprint density at radius 2 is 1.78 bits per heavy atom. The number of nitrogens with zero attached hydrogens (tertiary/aromatic N) is 1. The number of hydrogen-bond acceptors (Lipinski definition) is 5. The number of nitrogens with one attached hydrogen (secondary N) is 1. The summed E-state index contributed by atoms with van der Waals surface area (Å²) in [5.41, 5.74) is 1.34. The number of esters is 1. The van der Waals surface area contributed by atoms with Crippen molar-refractivity contribution in [3.05, 3.63) is 92.0 Å². The number of benzene rings is 3. The van der Waals surface area contributed by atoms with E-state index in [1.54, 1.807) is 66.7 Å². The Labute approximate surface area is 203 Å². The maximum absolute atomic E-state index is 12.5. The lowest BCUT2D eigenvalue weighted by Crippen LogP contribution is -2.13. The van der Waals surface area contributed by atoms with Crippen LogP contribution in [0.15, 0.2) is 72.3 Å². The van der Waals surface area contributed by atoms with Crippen molar-refractivity contribution in [1.82, 2.24) is 0 Å². The summed E-state index contributed by atoms with van der Waals surface area (Å²) in [6.45, 7) is 0. The van der Waals surface area contributed by atoms with Crippen molar-refractivity contribution in [1.29, 1.82) is 5.26 Å². The molecule has 0 heterocycles. The lowest BCUT2D eigenvalue weighted by molar-refractivity contribution is -0.112. The van der Waals surface area contributed by atoms with Gasteiger partial charge in [0.25, 0.3) is 5.91 Å². The summed E-state index contributed by atoms with van der Waals surface area (Å²) in [7, 11) is 1.44. The minimum atomic E-state index is -0.566. The molecule has 32 heavy (non-hydrogen) atoms. The van der Waals surface area contributed by atoms with Gasteiger partial charge in [0.05, 0.1) is 16.2 Å². The number of rotatable bonds is 6. The number of halogens is 2. The quantitative estimate of drug-likeness (QED) is 0.137. The van der Waals surface area contributed by atoms with Gasteiger partial charge in [0, 0.05) is 10.7 Å². The van der Waals surface area contributed by atoms with Gasteiger partial charge in [-0.1, -0.05) is 29.8 Å². The molecule has 3 aromatic carbocycles. The third kappa shape index (κ3) is 5.87. The van der Waals surface area contributed by atoms with Crippen molar-refractivity contribution in [3.8, 4) is 17.6 Å². The van der Waals surface area contributed by atoms with E-state index in [0.717, 1.165) is 0 Å². The largest absolute Gasteiger partial charge is 0.493 e. The van der Waals surface area contributed by atoms with E-state index >= 15 is 0 Å². The maximum Gasteiger partial charge on any atom is 0.343 e. The first kappa shape index (κ1) is 23.3. The number of anilines is 1. The second kappa shape index (κ2) is 10.8. The number of ether oxygens (including phenoxy) is 2. The van der Waals surface area contributed by atoms with Gasteiger partial charge in [0.1, 0.15) is 11.6 Å². The lowest BCUT2D eigenvalue weighted by atomic mass is 10.1. The molecule has 3 rings (SSSR count). The van der Waals surface area contributed by atoms with Crippen molar-refractivity contribution in [2.24, 2.45) is 0 Å². The summed E-state index contributed by atoms with van der Waals surface area (Å²) in [5, 5.41) is 12.7. The first-order valence-corrected chi connectivity index (χ1v) is 10.7. The van der Waals surface area contributed by atoms with E-state index in [2.05, 4.69) is 5.32 Å². The molecular formula is C24H16ClIN2O4. The highest BCUT2D eigenvalue weighted by molar-refractivity contribution is 14.1. The Kier molecular flexibility index (Phi) is 7.87. The first-order chi connectivity index (χ1) is 15.4. The van der Waals surface area contributed by atoms with Gasteiger partial charge in [-0.2, -0.15) is 5.26 Å². The van der Waals surface area contributed by atoms with Gasteiger partial charge in [-0.25, -0.2) is 4.79 Å². The highest BCUT2D eigenvalue weighted by Gasteiger charge is 2.17. The van der Waals surface area contributed by atoms with Gasteiger partial charge in [0.15, 0.2) is 11.5 Å². The van der Waals surface area contributed by atoms with Crippen LogP contribution in [0.3, 0.4) is 0 Å². The van der Waals surface area contributed by atoms with Crippen molar-refractivity contribution < 1.29 is 19.1 Å². The van der Waals surface area contributed by atoms with Gasteiger partial charge >= 0.3 is 5.97 Å². The molecule has 0 aliphatic carbocycles. The summed E-state index contributed by atoms with van der Waals surface area (Å²) in [5.74, 6) is -0.542. The number of amides is 1. The van der Waals surface area contributed by atoms with E-state index in [0.29, 0.717) is 31.2 Å². The van der Waals surface area contributed by atoms with Crippen LogP contribution in [0.2, 0.25) is 5.02 Å². The van der Waals surface area contributed by atoms with Crippen molar-refractivity contribution in [3.63, 3.8) is 0 Å². The fourth-order valence-corrected chi connectivity index (χ4v) is 3.56. The molecule has 0 saturated carbocycles. The van der Waals surface area contributed by atoms with Gasteiger partial charge in [0.2, 0.25) is 0 Å². The van der Waals surface area contributed by atoms with Crippen LogP contribution < -0.4 is 14.8 Å². The van der Waals surface area contributed by atoms with Gasteiger partial charge in [-0.3, -0.25) is 4.79 Å². The molecule has 8 heteroatoms. The van der Waals surface area contributed by atoms with E-state index in [9.17, 15) is 14.9 Å². The number of nitriles is 1. The third-order valence-corrected chi connectivity index (χ3v) is 5.29. The van der Waals surface area contributed by atoms with E-state index in [-0.39, 0.29) is 11.3 Å². The average Bonchev–Trinajstić information content (AvgIpc) is 2.80. The summed E-state index contributed by atoms with van der Waals surface area (Å²) in [4.78, 5) is 24.9. The minimum absolute atomic E-state index is 0.105. The fourth-order valence-electron chi connectivity index (χ4n) is 2.69. The molecule has 0 atom stereocenters. The maximum atomic E-state index is 12.5. The molecule has 0 saturated heterocycles.